The van der Waals surface area contributed by atoms with Gasteiger partial charge in [0.25, 0.3) is 0 Å². The number of aromatic amines is 1. The van der Waals surface area contributed by atoms with Crippen LogP contribution in [0.4, 0.5) is 0 Å². The van der Waals surface area contributed by atoms with E-state index in [9.17, 15) is 4.79 Å². The van der Waals surface area contributed by atoms with Crippen molar-refractivity contribution in [2.24, 2.45) is 0 Å². The predicted octanol–water partition coefficient (Wildman–Crippen LogP) is 1.82. The first-order valence-corrected chi connectivity index (χ1v) is 8.45. The van der Waals surface area contributed by atoms with Gasteiger partial charge in [0.05, 0.1) is 31.0 Å². The average Bonchev–Trinajstić information content (AvgIpc) is 3.19. The Morgan fingerprint density at radius 3 is 3.08 bits per heavy atom. The second-order valence-corrected chi connectivity index (χ2v) is 6.38. The lowest BCUT2D eigenvalue weighted by molar-refractivity contribution is -0.139. The number of hydrogen-bond acceptors (Lipinski definition) is 4. The minimum Gasteiger partial charge on any atom is -0.377 e. The molecule has 0 spiro atoms. The number of carbonyl (C=O) groups excluding carboxylic acids is 1. The molecule has 1 amide bonds. The van der Waals surface area contributed by atoms with Gasteiger partial charge in [-0.2, -0.15) is 0 Å². The SMILES string of the molecule is Cc1cnc([C@H]2COCCN2C(=O)Cc2c(C)nc3ccccn23)[nH]1. The molecule has 0 radical (unpaired) electrons. The van der Waals surface area contributed by atoms with Gasteiger partial charge >= 0.3 is 0 Å². The number of carbonyl (C=O) groups is 1. The number of morpholine rings is 1. The van der Waals surface area contributed by atoms with Crippen molar-refractivity contribution in [3.8, 4) is 0 Å². The first-order valence-electron chi connectivity index (χ1n) is 8.45. The minimum absolute atomic E-state index is 0.0658. The first-order chi connectivity index (χ1) is 12.1. The molecular formula is C18H21N5O2. The van der Waals surface area contributed by atoms with Gasteiger partial charge in [0.2, 0.25) is 5.91 Å². The van der Waals surface area contributed by atoms with Gasteiger partial charge in [-0.1, -0.05) is 6.07 Å². The molecule has 0 bridgehead atoms. The molecule has 1 N–H and O–H groups in total. The van der Waals surface area contributed by atoms with Crippen LogP contribution in [-0.2, 0) is 16.0 Å². The Hall–Kier alpha value is -2.67. The Kier molecular flexibility index (Phi) is 4.01. The minimum atomic E-state index is -0.172. The summed E-state index contributed by atoms with van der Waals surface area (Å²) in [5.74, 6) is 0.844. The summed E-state index contributed by atoms with van der Waals surface area (Å²) in [6, 6.07) is 5.68. The van der Waals surface area contributed by atoms with Crippen molar-refractivity contribution in [2.75, 3.05) is 19.8 Å². The zero-order chi connectivity index (χ0) is 17.4. The molecule has 130 valence electrons. The highest BCUT2D eigenvalue weighted by molar-refractivity contribution is 5.79. The first kappa shape index (κ1) is 15.8. The Balaban J connectivity index is 1.61. The highest BCUT2D eigenvalue weighted by Crippen LogP contribution is 2.23. The number of ether oxygens (including phenoxy) is 1. The summed E-state index contributed by atoms with van der Waals surface area (Å²) in [6.07, 6.45) is 4.04. The monoisotopic (exact) mass is 339 g/mol. The second-order valence-electron chi connectivity index (χ2n) is 6.38. The molecule has 0 aromatic carbocycles. The quantitative estimate of drug-likeness (QED) is 0.790. The zero-order valence-corrected chi connectivity index (χ0v) is 14.4. The van der Waals surface area contributed by atoms with Crippen LogP contribution in [0.3, 0.4) is 0 Å². The number of nitrogens with zero attached hydrogens (tertiary/aromatic N) is 4. The molecule has 3 aromatic rings. The molecule has 1 fully saturated rings. The molecule has 0 unspecified atom stereocenters. The van der Waals surface area contributed by atoms with Gasteiger partial charge in [0.15, 0.2) is 0 Å². The van der Waals surface area contributed by atoms with Crippen LogP contribution in [-0.4, -0.2) is 49.9 Å². The van der Waals surface area contributed by atoms with E-state index in [2.05, 4.69) is 15.0 Å². The third kappa shape index (κ3) is 2.91. The van der Waals surface area contributed by atoms with Crippen LogP contribution in [0.15, 0.2) is 30.6 Å². The summed E-state index contributed by atoms with van der Waals surface area (Å²) in [4.78, 5) is 27.1. The number of H-pyrrole nitrogens is 1. The van der Waals surface area contributed by atoms with Gasteiger partial charge in [-0.15, -0.1) is 0 Å². The molecule has 3 aromatic heterocycles. The predicted molar refractivity (Wildman–Crippen MR) is 92.2 cm³/mol. The summed E-state index contributed by atoms with van der Waals surface area (Å²) < 4.78 is 7.57. The van der Waals surface area contributed by atoms with E-state index in [0.717, 1.165) is 28.6 Å². The topological polar surface area (TPSA) is 75.5 Å². The van der Waals surface area contributed by atoms with Crippen molar-refractivity contribution < 1.29 is 9.53 Å². The molecule has 1 aliphatic rings. The molecule has 0 saturated carbocycles. The molecule has 1 saturated heterocycles. The fraction of sp³-hybridized carbons (Fsp3) is 0.389. The van der Waals surface area contributed by atoms with Crippen LogP contribution < -0.4 is 0 Å². The summed E-state index contributed by atoms with van der Waals surface area (Å²) in [7, 11) is 0. The lowest BCUT2D eigenvalue weighted by Gasteiger charge is -2.34. The van der Waals surface area contributed by atoms with E-state index < -0.39 is 0 Å². The fourth-order valence-corrected chi connectivity index (χ4v) is 3.35. The normalized spacial score (nSPS) is 18.0. The molecular weight excluding hydrogens is 318 g/mol. The standard InChI is InChI=1S/C18H21N5O2/c1-12-10-19-18(20-12)15-11-25-8-7-23(15)17(24)9-14-13(2)21-16-5-3-4-6-22(14)16/h3-6,10,15H,7-9,11H2,1-2H3,(H,19,20)/t15-/m1/s1. The third-order valence-corrected chi connectivity index (χ3v) is 4.63. The van der Waals surface area contributed by atoms with Gasteiger partial charge in [-0.3, -0.25) is 4.79 Å². The van der Waals surface area contributed by atoms with Gasteiger partial charge in [-0.25, -0.2) is 9.97 Å². The van der Waals surface area contributed by atoms with Crippen molar-refractivity contribution in [1.82, 2.24) is 24.3 Å². The van der Waals surface area contributed by atoms with Gasteiger partial charge < -0.3 is 19.0 Å². The number of aromatic nitrogens is 4. The van der Waals surface area contributed by atoms with Crippen LogP contribution in [0.5, 0.6) is 0 Å². The number of fused-ring (bicyclic) bond motifs is 1. The number of nitrogens with one attached hydrogen (secondary N) is 1. The third-order valence-electron chi connectivity index (χ3n) is 4.63. The van der Waals surface area contributed by atoms with E-state index in [1.807, 2.05) is 47.5 Å². The van der Waals surface area contributed by atoms with Crippen molar-refractivity contribution in [3.63, 3.8) is 0 Å². The van der Waals surface area contributed by atoms with E-state index >= 15 is 0 Å². The van der Waals surface area contributed by atoms with Gasteiger partial charge in [0, 0.05) is 24.6 Å². The molecule has 4 heterocycles. The number of imidazole rings is 2. The summed E-state index contributed by atoms with van der Waals surface area (Å²) in [5, 5.41) is 0. The van der Waals surface area contributed by atoms with Crippen LogP contribution in [0, 0.1) is 13.8 Å². The maximum absolute atomic E-state index is 13.0. The Morgan fingerprint density at radius 2 is 2.28 bits per heavy atom. The van der Waals surface area contributed by atoms with Crippen LogP contribution >= 0.6 is 0 Å². The number of rotatable bonds is 3. The van der Waals surface area contributed by atoms with Crippen molar-refractivity contribution in [1.29, 1.82) is 0 Å². The Labute approximate surface area is 145 Å². The molecule has 1 aliphatic heterocycles. The molecule has 7 heteroatoms. The Morgan fingerprint density at radius 1 is 1.40 bits per heavy atom. The smallest absolute Gasteiger partial charge is 0.229 e. The van der Waals surface area contributed by atoms with Gasteiger partial charge in [0.1, 0.15) is 17.5 Å². The van der Waals surface area contributed by atoms with E-state index in [4.69, 9.17) is 4.74 Å². The summed E-state index contributed by atoms with van der Waals surface area (Å²) >= 11 is 0. The van der Waals surface area contributed by atoms with E-state index in [-0.39, 0.29) is 11.9 Å². The number of amides is 1. The van der Waals surface area contributed by atoms with Crippen LogP contribution in [0.2, 0.25) is 0 Å². The van der Waals surface area contributed by atoms with Gasteiger partial charge in [-0.05, 0) is 26.0 Å². The average molecular weight is 339 g/mol. The van der Waals surface area contributed by atoms with Crippen molar-refractivity contribution in [2.45, 2.75) is 26.3 Å². The zero-order valence-electron chi connectivity index (χ0n) is 14.4. The van der Waals surface area contributed by atoms with E-state index in [0.29, 0.717) is 26.2 Å². The molecule has 25 heavy (non-hydrogen) atoms. The van der Waals surface area contributed by atoms with E-state index in [1.165, 1.54) is 0 Å². The number of hydrogen-bond donors (Lipinski definition) is 1. The largest absolute Gasteiger partial charge is 0.377 e. The van der Waals surface area contributed by atoms with Crippen LogP contribution in [0.1, 0.15) is 28.9 Å². The molecule has 0 aliphatic carbocycles. The van der Waals surface area contributed by atoms with Crippen LogP contribution in [0.25, 0.3) is 5.65 Å². The second kappa shape index (κ2) is 6.33. The molecule has 7 nitrogen and oxygen atoms in total. The summed E-state index contributed by atoms with van der Waals surface area (Å²) in [6.45, 7) is 5.48. The fourth-order valence-electron chi connectivity index (χ4n) is 3.35. The lowest BCUT2D eigenvalue weighted by atomic mass is 10.1. The highest BCUT2D eigenvalue weighted by Gasteiger charge is 2.31. The summed E-state index contributed by atoms with van der Waals surface area (Å²) in [5.41, 5.74) is 3.66. The maximum Gasteiger partial charge on any atom is 0.229 e. The van der Waals surface area contributed by atoms with E-state index in [1.54, 1.807) is 6.20 Å². The lowest BCUT2D eigenvalue weighted by Crippen LogP contribution is -2.44. The highest BCUT2D eigenvalue weighted by atomic mass is 16.5. The van der Waals surface area contributed by atoms with Crippen molar-refractivity contribution in [3.05, 3.63) is 53.5 Å². The maximum atomic E-state index is 13.0. The number of pyridine rings is 1. The molecule has 4 rings (SSSR count). The molecule has 1 atom stereocenters. The Bertz CT molecular complexity index is 913. The number of aryl methyl sites for hydroxylation is 2. The van der Waals surface area contributed by atoms with Crippen molar-refractivity contribution >= 4 is 11.6 Å².